The lowest BCUT2D eigenvalue weighted by molar-refractivity contribution is -0.385. The Bertz CT molecular complexity index is 440. The molecule has 0 aliphatic carbocycles. The second kappa shape index (κ2) is 4.74. The van der Waals surface area contributed by atoms with Gasteiger partial charge in [-0.05, 0) is 38.0 Å². The third kappa shape index (κ3) is 2.36. The van der Waals surface area contributed by atoms with E-state index in [1.807, 2.05) is 0 Å². The minimum absolute atomic E-state index is 0.00921. The summed E-state index contributed by atoms with van der Waals surface area (Å²) in [6.07, 6.45) is 0. The molecule has 1 aromatic rings. The predicted molar refractivity (Wildman–Crippen MR) is 58.5 cm³/mol. The maximum absolute atomic E-state index is 11.5. The van der Waals surface area contributed by atoms with Gasteiger partial charge >= 0.3 is 5.97 Å². The number of hydrogen-bond acceptors (Lipinski definition) is 4. The van der Waals surface area contributed by atoms with E-state index in [0.29, 0.717) is 0 Å². The van der Waals surface area contributed by atoms with Gasteiger partial charge in [0.05, 0.1) is 11.5 Å². The number of carbonyl (C=O) groups is 1. The van der Waals surface area contributed by atoms with Crippen LogP contribution in [-0.2, 0) is 4.74 Å². The minimum atomic E-state index is -0.655. The maximum Gasteiger partial charge on any atom is 0.345 e. The molecule has 1 aromatic carbocycles. The van der Waals surface area contributed by atoms with Crippen LogP contribution in [0.4, 0.5) is 5.69 Å². The molecular weight excluding hydrogens is 210 g/mol. The Balaban J connectivity index is 3.30. The summed E-state index contributed by atoms with van der Waals surface area (Å²) < 4.78 is 4.77. The predicted octanol–water partition coefficient (Wildman–Crippen LogP) is 2.39. The zero-order valence-electron chi connectivity index (χ0n) is 9.44. The van der Waals surface area contributed by atoms with Crippen molar-refractivity contribution >= 4 is 11.7 Å². The number of nitro groups is 1. The number of rotatable bonds is 3. The third-order valence-corrected chi connectivity index (χ3v) is 2.30. The van der Waals surface area contributed by atoms with E-state index in [1.54, 1.807) is 20.8 Å². The molecule has 0 radical (unpaired) electrons. The van der Waals surface area contributed by atoms with Gasteiger partial charge in [-0.3, -0.25) is 10.1 Å². The van der Waals surface area contributed by atoms with Gasteiger partial charge in [0.1, 0.15) is 5.56 Å². The molecule has 1 rings (SSSR count). The van der Waals surface area contributed by atoms with Crippen molar-refractivity contribution in [1.82, 2.24) is 0 Å². The second-order valence-electron chi connectivity index (χ2n) is 3.43. The quantitative estimate of drug-likeness (QED) is 0.448. The summed E-state index contributed by atoms with van der Waals surface area (Å²) in [5.41, 5.74) is 1.41. The van der Waals surface area contributed by atoms with Gasteiger partial charge in [-0.15, -0.1) is 0 Å². The van der Waals surface area contributed by atoms with Gasteiger partial charge in [0, 0.05) is 6.07 Å². The molecule has 0 saturated carbocycles. The summed E-state index contributed by atoms with van der Waals surface area (Å²) in [5, 5.41) is 10.8. The van der Waals surface area contributed by atoms with Crippen LogP contribution in [-0.4, -0.2) is 17.5 Å². The highest BCUT2D eigenvalue weighted by atomic mass is 16.6. The van der Waals surface area contributed by atoms with Crippen molar-refractivity contribution in [3.05, 3.63) is 38.9 Å². The molecule has 5 nitrogen and oxygen atoms in total. The number of ether oxygens (including phenoxy) is 1. The highest BCUT2D eigenvalue weighted by molar-refractivity contribution is 5.94. The van der Waals surface area contributed by atoms with Crippen LogP contribution in [0.25, 0.3) is 0 Å². The van der Waals surface area contributed by atoms with Crippen molar-refractivity contribution < 1.29 is 14.5 Å². The molecule has 86 valence electrons. The van der Waals surface area contributed by atoms with Gasteiger partial charge in [-0.2, -0.15) is 0 Å². The first-order chi connectivity index (χ1) is 7.47. The van der Waals surface area contributed by atoms with Crippen molar-refractivity contribution in [2.75, 3.05) is 6.61 Å². The van der Waals surface area contributed by atoms with E-state index in [2.05, 4.69) is 0 Å². The SMILES string of the molecule is CCOC(=O)c1cc(C)c(C)cc1[N+](=O)[O-]. The van der Waals surface area contributed by atoms with E-state index >= 15 is 0 Å². The lowest BCUT2D eigenvalue weighted by Crippen LogP contribution is -2.08. The zero-order valence-corrected chi connectivity index (χ0v) is 9.44. The zero-order chi connectivity index (χ0) is 12.3. The Morgan fingerprint density at radius 2 is 1.94 bits per heavy atom. The second-order valence-corrected chi connectivity index (χ2v) is 3.43. The molecule has 16 heavy (non-hydrogen) atoms. The molecular formula is C11H13NO4. The molecule has 0 atom stereocenters. The van der Waals surface area contributed by atoms with Crippen molar-refractivity contribution in [3.8, 4) is 0 Å². The molecule has 0 spiro atoms. The van der Waals surface area contributed by atoms with Crippen molar-refractivity contribution in [2.24, 2.45) is 0 Å². The Morgan fingerprint density at radius 1 is 1.38 bits per heavy atom. The first-order valence-electron chi connectivity index (χ1n) is 4.90. The van der Waals surface area contributed by atoms with Gasteiger partial charge in [0.25, 0.3) is 5.69 Å². The smallest absolute Gasteiger partial charge is 0.345 e. The van der Waals surface area contributed by atoms with Crippen LogP contribution in [0, 0.1) is 24.0 Å². The molecule has 0 aliphatic heterocycles. The van der Waals surface area contributed by atoms with Crippen molar-refractivity contribution in [3.63, 3.8) is 0 Å². The fourth-order valence-corrected chi connectivity index (χ4v) is 1.32. The average molecular weight is 223 g/mol. The lowest BCUT2D eigenvalue weighted by Gasteiger charge is -2.06. The Labute approximate surface area is 93.2 Å². The third-order valence-electron chi connectivity index (χ3n) is 2.30. The van der Waals surface area contributed by atoms with Crippen LogP contribution in [0.2, 0.25) is 0 Å². The van der Waals surface area contributed by atoms with Gasteiger partial charge in [-0.1, -0.05) is 0 Å². The number of aryl methyl sites for hydroxylation is 2. The molecule has 0 heterocycles. The van der Waals surface area contributed by atoms with E-state index < -0.39 is 10.9 Å². The molecule has 0 aromatic heterocycles. The highest BCUT2D eigenvalue weighted by Crippen LogP contribution is 2.23. The molecule has 0 fully saturated rings. The normalized spacial score (nSPS) is 9.94. The van der Waals surface area contributed by atoms with E-state index in [0.717, 1.165) is 11.1 Å². The Hall–Kier alpha value is -1.91. The summed E-state index contributed by atoms with van der Waals surface area (Å²) in [5.74, 6) is -0.655. The Kier molecular flexibility index (Phi) is 3.60. The van der Waals surface area contributed by atoms with Crippen LogP contribution in [0.3, 0.4) is 0 Å². The summed E-state index contributed by atoms with van der Waals surface area (Å²) in [6, 6.07) is 2.88. The van der Waals surface area contributed by atoms with Gasteiger partial charge < -0.3 is 4.74 Å². The molecule has 5 heteroatoms. The standard InChI is InChI=1S/C11H13NO4/c1-4-16-11(13)9-5-7(2)8(3)6-10(9)12(14)15/h5-6H,4H2,1-3H3. The van der Waals surface area contributed by atoms with Crippen molar-refractivity contribution in [2.45, 2.75) is 20.8 Å². The van der Waals surface area contributed by atoms with E-state index in [4.69, 9.17) is 4.74 Å². The van der Waals surface area contributed by atoms with Crippen molar-refractivity contribution in [1.29, 1.82) is 0 Å². The largest absolute Gasteiger partial charge is 0.462 e. The summed E-state index contributed by atoms with van der Waals surface area (Å²) >= 11 is 0. The number of nitrogens with zero attached hydrogens (tertiary/aromatic N) is 1. The molecule has 0 unspecified atom stereocenters. The topological polar surface area (TPSA) is 69.4 Å². The van der Waals surface area contributed by atoms with Crippen LogP contribution in [0.5, 0.6) is 0 Å². The lowest BCUT2D eigenvalue weighted by atomic mass is 10.0. The summed E-state index contributed by atoms with van der Waals surface area (Å²) in [7, 11) is 0. The fourth-order valence-electron chi connectivity index (χ4n) is 1.32. The number of hydrogen-bond donors (Lipinski definition) is 0. The van der Waals surface area contributed by atoms with Crippen LogP contribution < -0.4 is 0 Å². The first-order valence-corrected chi connectivity index (χ1v) is 4.90. The average Bonchev–Trinajstić information content (AvgIpc) is 2.21. The van der Waals surface area contributed by atoms with Crippen LogP contribution >= 0.6 is 0 Å². The summed E-state index contributed by atoms with van der Waals surface area (Å²) in [4.78, 5) is 21.7. The molecule has 0 saturated heterocycles. The van der Waals surface area contributed by atoms with E-state index in [1.165, 1.54) is 12.1 Å². The van der Waals surface area contributed by atoms with Crippen LogP contribution in [0.15, 0.2) is 12.1 Å². The number of nitro benzene ring substituents is 1. The number of benzene rings is 1. The monoisotopic (exact) mass is 223 g/mol. The van der Waals surface area contributed by atoms with Gasteiger partial charge in [-0.25, -0.2) is 4.79 Å². The summed E-state index contributed by atoms with van der Waals surface area (Å²) in [6.45, 7) is 5.41. The number of esters is 1. The minimum Gasteiger partial charge on any atom is -0.462 e. The van der Waals surface area contributed by atoms with Gasteiger partial charge in [0.15, 0.2) is 0 Å². The highest BCUT2D eigenvalue weighted by Gasteiger charge is 2.22. The fraction of sp³-hybridized carbons (Fsp3) is 0.364. The molecule has 0 N–H and O–H groups in total. The number of carbonyl (C=O) groups excluding carboxylic acids is 1. The van der Waals surface area contributed by atoms with E-state index in [9.17, 15) is 14.9 Å². The first kappa shape index (κ1) is 12.2. The molecule has 0 aliphatic rings. The van der Waals surface area contributed by atoms with Crippen LogP contribution in [0.1, 0.15) is 28.4 Å². The Morgan fingerprint density at radius 3 is 2.44 bits per heavy atom. The van der Waals surface area contributed by atoms with E-state index in [-0.39, 0.29) is 17.9 Å². The maximum atomic E-state index is 11.5. The molecule has 0 bridgehead atoms. The molecule has 0 amide bonds. The van der Waals surface area contributed by atoms with Gasteiger partial charge in [0.2, 0.25) is 0 Å².